The number of carbonyl (C=O) groups is 8. The predicted octanol–water partition coefficient (Wildman–Crippen LogP) is 7.88. The van der Waals surface area contributed by atoms with E-state index in [1.807, 2.05) is 121 Å². The first-order chi connectivity index (χ1) is 39.0. The number of ether oxygens (including phenoxy) is 4. The Bertz CT molecular complexity index is 2810. The van der Waals surface area contributed by atoms with E-state index in [0.717, 1.165) is 35.1 Å². The maximum absolute atomic E-state index is 15.1. The molecule has 0 bridgehead atoms. The van der Waals surface area contributed by atoms with E-state index in [2.05, 4.69) is 21.3 Å². The van der Waals surface area contributed by atoms with E-state index in [4.69, 9.17) is 18.9 Å². The van der Waals surface area contributed by atoms with Crippen molar-refractivity contribution in [3.05, 3.63) is 144 Å². The monoisotopic (exact) mass is 1130 g/mol. The van der Waals surface area contributed by atoms with Gasteiger partial charge < -0.3 is 50.0 Å². The van der Waals surface area contributed by atoms with Crippen LogP contribution in [0.25, 0.3) is 0 Å². The third-order valence-corrected chi connectivity index (χ3v) is 14.9. The van der Waals surface area contributed by atoms with Crippen LogP contribution in [0.4, 0.5) is 14.4 Å². The van der Waals surface area contributed by atoms with Crippen LogP contribution in [0.15, 0.2) is 121 Å². The van der Waals surface area contributed by atoms with Crippen molar-refractivity contribution in [2.24, 2.45) is 0 Å². The molecule has 1 saturated carbocycles. The number of unbranched alkanes of at least 4 members (excludes halogenated alkanes) is 1. The van der Waals surface area contributed by atoms with Crippen molar-refractivity contribution in [3.63, 3.8) is 0 Å². The van der Waals surface area contributed by atoms with Gasteiger partial charge in [-0.15, -0.1) is 0 Å². The summed E-state index contributed by atoms with van der Waals surface area (Å²) < 4.78 is 22.6. The highest BCUT2D eigenvalue weighted by Crippen LogP contribution is 2.49. The van der Waals surface area contributed by atoms with Gasteiger partial charge >= 0.3 is 24.2 Å². The Hall–Kier alpha value is -7.96. The fourth-order valence-corrected chi connectivity index (χ4v) is 10.5. The molecule has 3 aliphatic rings. The van der Waals surface area contributed by atoms with Gasteiger partial charge in [-0.1, -0.05) is 121 Å². The zero-order valence-corrected chi connectivity index (χ0v) is 48.4. The number of amides is 7. The molecule has 4 N–H and O–H groups in total. The number of hydrogen-bond acceptors (Lipinski definition) is 12. The van der Waals surface area contributed by atoms with Crippen LogP contribution in [0, 0.1) is 0 Å². The van der Waals surface area contributed by atoms with Crippen LogP contribution in [-0.4, -0.2) is 136 Å². The molecule has 19 nitrogen and oxygen atoms in total. The molecule has 2 heterocycles. The predicted molar refractivity (Wildman–Crippen MR) is 307 cm³/mol. The molecule has 7 amide bonds. The van der Waals surface area contributed by atoms with E-state index in [9.17, 15) is 33.6 Å². The molecule has 4 aromatic carbocycles. The zero-order valence-electron chi connectivity index (χ0n) is 48.4. The summed E-state index contributed by atoms with van der Waals surface area (Å²) in [4.78, 5) is 117. The lowest BCUT2D eigenvalue weighted by atomic mass is 9.87. The number of alkyl carbamates (subject to hydrolysis) is 2. The van der Waals surface area contributed by atoms with Crippen molar-refractivity contribution in [1.29, 1.82) is 0 Å². The van der Waals surface area contributed by atoms with Crippen molar-refractivity contribution < 1.29 is 57.3 Å². The minimum absolute atomic E-state index is 0.00493. The second kappa shape index (κ2) is 27.7. The topological polar surface area (TPSA) is 231 Å². The average molecular weight is 1130 g/mol. The molecule has 0 aromatic heterocycles. The molecule has 3 fully saturated rings. The maximum Gasteiger partial charge on any atom is 0.410 e. The summed E-state index contributed by atoms with van der Waals surface area (Å²) in [6.45, 7) is 12.3. The quantitative estimate of drug-likeness (QED) is 0.0316. The number of esters is 1. The van der Waals surface area contributed by atoms with Crippen LogP contribution in [0.5, 0.6) is 0 Å². The lowest BCUT2D eigenvalue weighted by molar-refractivity contribution is -0.157. The molecular formula is C63H81N7O12. The fraction of sp³-hybridized carbons (Fsp3) is 0.492. The molecule has 19 heteroatoms. The van der Waals surface area contributed by atoms with Crippen LogP contribution in [0.1, 0.15) is 122 Å². The zero-order chi connectivity index (χ0) is 59.1. The molecule has 1 aliphatic carbocycles. The molecule has 2 saturated heterocycles. The van der Waals surface area contributed by atoms with Gasteiger partial charge in [0.05, 0.1) is 0 Å². The Kier molecular flexibility index (Phi) is 20.8. The third kappa shape index (κ3) is 17.8. The standard InChI is InChI=1S/C63H81N7O12/c1-44-38-50(66-53(72)49(39-45-22-12-8-13-23-45)65-52(71)40-69(59(78)82-61(5,6)7)43-62(31-32-62)48-28-18-11-19-29-48)54(73)70(44)51(30-20-21-35-64-57(76)81-60(2,3)4)55(74)68-36-33-63(34-37-68,56(75)79-41-46-24-14-9-15-25-46)67-58(77)80-42-47-26-16-10-17-27-47/h8-19,22-29,44,49-51H,20-21,30-43H2,1-7H3,(H,64,76)(H,65,71)(H,66,72)(H,67,77)/t44?,49-,50-,51?/m1/s1. The molecule has 4 aromatic rings. The summed E-state index contributed by atoms with van der Waals surface area (Å²) in [6, 6.07) is 33.3. The normalized spacial score (nSPS) is 18.0. The van der Waals surface area contributed by atoms with Crippen LogP contribution in [-0.2, 0) is 68.0 Å². The van der Waals surface area contributed by atoms with E-state index in [0.29, 0.717) is 12.8 Å². The molecular weight excluding hydrogens is 1050 g/mol. The van der Waals surface area contributed by atoms with Crippen LogP contribution < -0.4 is 21.3 Å². The van der Waals surface area contributed by atoms with E-state index < -0.39 is 95.3 Å². The highest BCUT2D eigenvalue weighted by Gasteiger charge is 2.50. The number of piperidine rings is 1. The lowest BCUT2D eigenvalue weighted by Gasteiger charge is -2.42. The van der Waals surface area contributed by atoms with Gasteiger partial charge in [0.15, 0.2) is 0 Å². The highest BCUT2D eigenvalue weighted by molar-refractivity contribution is 5.96. The van der Waals surface area contributed by atoms with Gasteiger partial charge in [0.2, 0.25) is 23.6 Å². The molecule has 7 rings (SSSR count). The van der Waals surface area contributed by atoms with Crippen LogP contribution in [0.2, 0.25) is 0 Å². The molecule has 2 unspecified atom stereocenters. The Labute approximate surface area is 481 Å². The number of benzene rings is 4. The minimum Gasteiger partial charge on any atom is -0.459 e. The first kappa shape index (κ1) is 61.7. The molecule has 82 heavy (non-hydrogen) atoms. The first-order valence-electron chi connectivity index (χ1n) is 28.5. The summed E-state index contributed by atoms with van der Waals surface area (Å²) in [5.41, 5.74) is -0.189. The van der Waals surface area contributed by atoms with Crippen LogP contribution in [0.3, 0.4) is 0 Å². The second-order valence-electron chi connectivity index (χ2n) is 23.8. The largest absolute Gasteiger partial charge is 0.459 e. The van der Waals surface area contributed by atoms with Gasteiger partial charge in [0, 0.05) is 44.1 Å². The van der Waals surface area contributed by atoms with Gasteiger partial charge in [0.25, 0.3) is 0 Å². The summed E-state index contributed by atoms with van der Waals surface area (Å²) in [7, 11) is 0. The second-order valence-corrected chi connectivity index (χ2v) is 23.8. The van der Waals surface area contributed by atoms with E-state index in [1.165, 1.54) is 9.80 Å². The number of hydrogen-bond donors (Lipinski definition) is 4. The molecule has 0 spiro atoms. The number of nitrogens with zero attached hydrogens (tertiary/aromatic N) is 3. The minimum atomic E-state index is -1.56. The van der Waals surface area contributed by atoms with Crippen LogP contribution >= 0.6 is 0 Å². The average Bonchev–Trinajstić information content (AvgIpc) is 3.60. The smallest absolute Gasteiger partial charge is 0.410 e. The van der Waals surface area contributed by atoms with Gasteiger partial charge in [-0.3, -0.25) is 24.1 Å². The Balaban J connectivity index is 1.07. The fourth-order valence-electron chi connectivity index (χ4n) is 10.5. The van der Waals surface area contributed by atoms with Crippen molar-refractivity contribution in [3.8, 4) is 0 Å². The maximum atomic E-state index is 15.1. The van der Waals surface area contributed by atoms with E-state index in [-0.39, 0.29) is 76.9 Å². The van der Waals surface area contributed by atoms with E-state index in [1.54, 1.807) is 53.4 Å². The summed E-state index contributed by atoms with van der Waals surface area (Å²) in [5.74, 6) is -2.81. The molecule has 2 aliphatic heterocycles. The lowest BCUT2D eigenvalue weighted by Crippen LogP contribution is -2.63. The van der Waals surface area contributed by atoms with Crippen molar-refractivity contribution in [2.45, 2.75) is 166 Å². The molecule has 4 atom stereocenters. The SMILES string of the molecule is CC1C[C@@H](NC(=O)[C@@H](Cc2ccccc2)NC(=O)CN(CC2(c3ccccc3)CC2)C(=O)OC(C)(C)C)C(=O)N1C(CCCCNC(=O)OC(C)(C)C)C(=O)N1CCC(NC(=O)OCc2ccccc2)(C(=O)OCc2ccccc2)CC1. The Morgan fingerprint density at radius 2 is 1.23 bits per heavy atom. The van der Waals surface area contributed by atoms with Gasteiger partial charge in [-0.2, -0.15) is 0 Å². The van der Waals surface area contributed by atoms with Crippen molar-refractivity contribution in [1.82, 2.24) is 36.0 Å². The van der Waals surface area contributed by atoms with Gasteiger partial charge in [0.1, 0.15) is 54.6 Å². The number of carbonyl (C=O) groups excluding carboxylic acids is 8. The van der Waals surface area contributed by atoms with E-state index >= 15 is 4.79 Å². The third-order valence-electron chi connectivity index (χ3n) is 14.9. The number of rotatable bonds is 23. The summed E-state index contributed by atoms with van der Waals surface area (Å²) in [5, 5.41) is 11.3. The summed E-state index contributed by atoms with van der Waals surface area (Å²) in [6.07, 6.45) is 0.710. The van der Waals surface area contributed by atoms with Gasteiger partial charge in [-0.05, 0) is 122 Å². The van der Waals surface area contributed by atoms with Crippen molar-refractivity contribution in [2.75, 3.05) is 32.7 Å². The Morgan fingerprint density at radius 1 is 0.683 bits per heavy atom. The molecule has 440 valence electrons. The molecule has 0 radical (unpaired) electrons. The Morgan fingerprint density at radius 3 is 1.79 bits per heavy atom. The number of likely N-dealkylation sites (tertiary alicyclic amines) is 2. The first-order valence-corrected chi connectivity index (χ1v) is 28.5. The highest BCUT2D eigenvalue weighted by atomic mass is 16.6. The van der Waals surface area contributed by atoms with Crippen molar-refractivity contribution >= 4 is 47.9 Å². The van der Waals surface area contributed by atoms with Gasteiger partial charge in [-0.25, -0.2) is 19.2 Å². The summed E-state index contributed by atoms with van der Waals surface area (Å²) >= 11 is 0. The number of nitrogens with one attached hydrogen (secondary N) is 4.